The molecule has 6 rings (SSSR count). The second kappa shape index (κ2) is 24.1. The van der Waals surface area contributed by atoms with Crippen molar-refractivity contribution in [3.05, 3.63) is 65.7 Å². The third kappa shape index (κ3) is 13.5. The van der Waals surface area contributed by atoms with E-state index in [1.54, 1.807) is 24.3 Å². The van der Waals surface area contributed by atoms with Crippen molar-refractivity contribution < 1.29 is 53.4 Å². The van der Waals surface area contributed by atoms with Crippen LogP contribution < -0.4 is 16.0 Å². The van der Waals surface area contributed by atoms with Crippen molar-refractivity contribution in [3.8, 4) is 5.75 Å². The molecule has 3 aliphatic heterocycles. The van der Waals surface area contributed by atoms with Crippen LogP contribution in [0.2, 0.25) is 0 Å². The molecule has 17 nitrogen and oxygen atoms in total. The molecule has 6 atom stereocenters. The fourth-order valence-corrected chi connectivity index (χ4v) is 9.65. The number of carboxylic acids is 1. The Bertz CT molecular complexity index is 2110. The fraction of sp³-hybridized carbons (Fsp3) is 0.580. The Morgan fingerprint density at radius 1 is 0.597 bits per heavy atom. The van der Waals surface area contributed by atoms with Crippen molar-refractivity contribution >= 4 is 53.0 Å². The van der Waals surface area contributed by atoms with Crippen molar-refractivity contribution in [1.82, 2.24) is 30.7 Å². The highest BCUT2D eigenvalue weighted by Crippen LogP contribution is 2.28. The summed E-state index contributed by atoms with van der Waals surface area (Å²) in [5.74, 6) is -4.39. The van der Waals surface area contributed by atoms with Gasteiger partial charge < -0.3 is 40.9 Å². The molecule has 1 saturated carbocycles. The predicted molar refractivity (Wildman–Crippen MR) is 245 cm³/mol. The summed E-state index contributed by atoms with van der Waals surface area (Å²) in [7, 11) is 0. The van der Waals surface area contributed by atoms with Gasteiger partial charge >= 0.3 is 5.97 Å². The van der Waals surface area contributed by atoms with Crippen molar-refractivity contribution in [2.24, 2.45) is 5.92 Å². The van der Waals surface area contributed by atoms with Gasteiger partial charge in [-0.25, -0.2) is 4.79 Å². The number of phenolic OH excluding ortho intramolecular Hbond substituents is 1. The number of rotatable bonds is 23. The number of Topliss-reactive ketones (excluding diaryl/α,β-unsaturated/α-hetero) is 2. The van der Waals surface area contributed by atoms with Gasteiger partial charge in [0, 0.05) is 57.7 Å². The van der Waals surface area contributed by atoms with Gasteiger partial charge in [-0.2, -0.15) is 0 Å². The van der Waals surface area contributed by atoms with Crippen molar-refractivity contribution in [3.63, 3.8) is 0 Å². The molecule has 2 aromatic carbocycles. The number of phenols is 1. The first-order valence-electron chi connectivity index (χ1n) is 24.1. The Morgan fingerprint density at radius 3 is 1.79 bits per heavy atom. The molecule has 0 radical (unpaired) electrons. The zero-order valence-electron chi connectivity index (χ0n) is 38.5. The average Bonchev–Trinajstić information content (AvgIpc) is 4.11. The van der Waals surface area contributed by atoms with E-state index < -0.39 is 71.6 Å². The molecule has 67 heavy (non-hydrogen) atoms. The number of carbonyl (C=O) groups excluding carboxylic acids is 8. The highest BCUT2D eigenvalue weighted by atomic mass is 16.4. The van der Waals surface area contributed by atoms with E-state index in [9.17, 15) is 53.4 Å². The molecule has 2 aromatic rings. The summed E-state index contributed by atoms with van der Waals surface area (Å²) in [6.45, 7) is 2.84. The number of nitrogens with one attached hydrogen (secondary N) is 3. The van der Waals surface area contributed by atoms with Crippen LogP contribution in [-0.2, 0) is 56.0 Å². The summed E-state index contributed by atoms with van der Waals surface area (Å²) in [4.78, 5) is 125. The van der Waals surface area contributed by atoms with E-state index in [1.165, 1.54) is 26.8 Å². The lowest BCUT2D eigenvalue weighted by atomic mass is 9.84. The zero-order valence-corrected chi connectivity index (χ0v) is 38.5. The highest BCUT2D eigenvalue weighted by molar-refractivity contribution is 5.98. The van der Waals surface area contributed by atoms with E-state index in [-0.39, 0.29) is 80.8 Å². The number of carbonyl (C=O) groups is 9. The van der Waals surface area contributed by atoms with Gasteiger partial charge in [0.15, 0.2) is 11.6 Å². The normalized spacial score (nSPS) is 20.6. The number of hydrogen-bond acceptors (Lipinski definition) is 10. The van der Waals surface area contributed by atoms with Gasteiger partial charge in [0.05, 0.1) is 12.1 Å². The first kappa shape index (κ1) is 50.3. The topological polar surface area (TPSA) is 240 Å². The Kier molecular flexibility index (Phi) is 18.1. The minimum Gasteiger partial charge on any atom is -0.508 e. The van der Waals surface area contributed by atoms with Crippen LogP contribution in [0.4, 0.5) is 0 Å². The van der Waals surface area contributed by atoms with Crippen LogP contribution in [0, 0.1) is 5.92 Å². The highest BCUT2D eigenvalue weighted by Gasteiger charge is 2.41. The molecule has 4 fully saturated rings. The van der Waals surface area contributed by atoms with E-state index in [4.69, 9.17) is 0 Å². The lowest BCUT2D eigenvalue weighted by molar-refractivity contribution is -0.148. The standard InChI is InChI=1S/C50H66N6O11/c1-2-3-15-36(47(63)52-37(30-32-11-5-4-6-12-32)42(58)23-25-45(61)55-28-10-18-41(55)50(66)67)51-48(64)40-17-9-27-54(40)44(60)26-24-43(59)39-16-8-29-56(39)49(65)38(53-46(62)34-13-7-14-34)31-33-19-21-35(57)22-20-33/h4-6,11-12,19-22,34,36-41,57H,2-3,7-10,13-18,23-31H2,1H3,(H,51,64)(H,52,63)(H,53,62)(H,66,67)/t36-,37-,38-,39-,40-,41-/m0/s1. The Hall–Kier alpha value is -6.13. The summed E-state index contributed by atoms with van der Waals surface area (Å²) in [6, 6.07) is 9.86. The third-order valence-corrected chi connectivity index (χ3v) is 13.7. The van der Waals surface area contributed by atoms with Gasteiger partial charge in [-0.05, 0) is 87.5 Å². The van der Waals surface area contributed by atoms with Gasteiger partial charge in [-0.3, -0.25) is 38.4 Å². The lowest BCUT2D eigenvalue weighted by Gasteiger charge is -2.31. The van der Waals surface area contributed by atoms with Crippen LogP contribution in [0.15, 0.2) is 54.6 Å². The number of benzene rings is 2. The van der Waals surface area contributed by atoms with Gasteiger partial charge in [-0.15, -0.1) is 0 Å². The second-order valence-corrected chi connectivity index (χ2v) is 18.5. The van der Waals surface area contributed by atoms with Crippen molar-refractivity contribution in [2.75, 3.05) is 19.6 Å². The van der Waals surface area contributed by atoms with Gasteiger partial charge in [0.1, 0.15) is 29.9 Å². The monoisotopic (exact) mass is 926 g/mol. The quantitative estimate of drug-likeness (QED) is 0.108. The molecule has 5 N–H and O–H groups in total. The summed E-state index contributed by atoms with van der Waals surface area (Å²) in [6.07, 6.45) is 6.30. The fourth-order valence-electron chi connectivity index (χ4n) is 9.65. The van der Waals surface area contributed by atoms with Crippen LogP contribution >= 0.6 is 0 Å². The molecule has 6 amide bonds. The van der Waals surface area contributed by atoms with E-state index in [0.717, 1.165) is 30.4 Å². The smallest absolute Gasteiger partial charge is 0.326 e. The maximum Gasteiger partial charge on any atom is 0.326 e. The minimum atomic E-state index is -1.09. The summed E-state index contributed by atoms with van der Waals surface area (Å²) >= 11 is 0. The van der Waals surface area contributed by atoms with Crippen LogP contribution in [0.5, 0.6) is 5.75 Å². The van der Waals surface area contributed by atoms with Crippen LogP contribution in [-0.4, -0.2) is 134 Å². The first-order chi connectivity index (χ1) is 32.2. The SMILES string of the molecule is CCCC[C@H](NC(=O)[C@@H]1CCCN1C(=O)CCC(=O)[C@@H]1CCCN1C(=O)[C@H](Cc1ccc(O)cc1)NC(=O)C1CCC1)C(=O)N[C@@H](Cc1ccccc1)C(=O)CCC(=O)N1CCC[C@H]1C(=O)O. The number of hydrogen-bond donors (Lipinski definition) is 5. The maximum atomic E-state index is 14.1. The Labute approximate surface area is 391 Å². The number of carboxylic acid groups (broad SMARTS) is 1. The molecule has 4 aliphatic rings. The lowest BCUT2D eigenvalue weighted by Crippen LogP contribution is -2.55. The molecule has 0 aromatic heterocycles. The summed E-state index contributed by atoms with van der Waals surface area (Å²) in [5.41, 5.74) is 1.50. The van der Waals surface area contributed by atoms with Gasteiger partial charge in [0.2, 0.25) is 35.4 Å². The van der Waals surface area contributed by atoms with E-state index in [1.807, 2.05) is 25.1 Å². The van der Waals surface area contributed by atoms with Crippen LogP contribution in [0.3, 0.4) is 0 Å². The summed E-state index contributed by atoms with van der Waals surface area (Å²) < 4.78 is 0. The zero-order chi connectivity index (χ0) is 48.0. The Morgan fingerprint density at radius 2 is 1.16 bits per heavy atom. The third-order valence-electron chi connectivity index (χ3n) is 13.7. The molecule has 3 saturated heterocycles. The second-order valence-electron chi connectivity index (χ2n) is 18.5. The number of amides is 6. The minimum absolute atomic E-state index is 0.0735. The molecule has 0 unspecified atom stereocenters. The number of nitrogens with zero attached hydrogens (tertiary/aromatic N) is 3. The van der Waals surface area contributed by atoms with Gasteiger partial charge in [0.25, 0.3) is 0 Å². The number of unbranched alkanes of at least 4 members (excludes halogenated alkanes) is 1. The van der Waals surface area contributed by atoms with Crippen molar-refractivity contribution in [1.29, 1.82) is 0 Å². The average molecular weight is 927 g/mol. The maximum absolute atomic E-state index is 14.1. The van der Waals surface area contributed by atoms with E-state index in [0.29, 0.717) is 64.5 Å². The summed E-state index contributed by atoms with van der Waals surface area (Å²) in [5, 5.41) is 27.9. The molecule has 1 aliphatic carbocycles. The van der Waals surface area contributed by atoms with E-state index >= 15 is 0 Å². The molecule has 362 valence electrons. The molecular formula is C50H66N6O11. The van der Waals surface area contributed by atoms with Crippen LogP contribution in [0.1, 0.15) is 121 Å². The molecule has 0 bridgehead atoms. The first-order valence-corrected chi connectivity index (χ1v) is 24.1. The molecule has 17 heteroatoms. The molecule has 3 heterocycles. The molecular weight excluding hydrogens is 861 g/mol. The number of aromatic hydroxyl groups is 1. The number of ketones is 2. The Balaban J connectivity index is 1.05. The van der Waals surface area contributed by atoms with Gasteiger partial charge in [-0.1, -0.05) is 68.7 Å². The predicted octanol–water partition coefficient (Wildman–Crippen LogP) is 3.38. The van der Waals surface area contributed by atoms with Crippen molar-refractivity contribution in [2.45, 2.75) is 159 Å². The van der Waals surface area contributed by atoms with Crippen LogP contribution in [0.25, 0.3) is 0 Å². The number of likely N-dealkylation sites (tertiary alicyclic amines) is 3. The number of aliphatic carboxylic acids is 1. The largest absolute Gasteiger partial charge is 0.508 e. The molecule has 0 spiro atoms. The van der Waals surface area contributed by atoms with E-state index in [2.05, 4.69) is 16.0 Å².